The predicted octanol–water partition coefficient (Wildman–Crippen LogP) is 2.66. The average molecular weight is 352 g/mol. The molecule has 0 aliphatic carbocycles. The maximum atomic E-state index is 11.5. The summed E-state index contributed by atoms with van der Waals surface area (Å²) >= 11 is 3.53. The van der Waals surface area contributed by atoms with Crippen molar-refractivity contribution in [3.8, 4) is 0 Å². The lowest BCUT2D eigenvalue weighted by Crippen LogP contribution is -2.28. The number of carbonyl (C=O) groups is 1. The molecule has 1 unspecified atom stereocenters. The molecule has 2 aromatic rings. The highest BCUT2D eigenvalue weighted by atomic mass is 79.9. The Bertz CT molecular complexity index is 625. The summed E-state index contributed by atoms with van der Waals surface area (Å²) in [4.78, 5) is 11.5. The monoisotopic (exact) mass is 351 g/mol. The van der Waals surface area contributed by atoms with Crippen molar-refractivity contribution in [3.05, 3.63) is 51.8 Å². The van der Waals surface area contributed by atoms with Crippen molar-refractivity contribution < 1.29 is 9.90 Å². The van der Waals surface area contributed by atoms with E-state index < -0.39 is 12.0 Å². The third kappa shape index (κ3) is 3.51. The number of aryl methyl sites for hydroxylation is 2. The van der Waals surface area contributed by atoms with Crippen LogP contribution >= 0.6 is 15.9 Å². The Hall–Kier alpha value is -1.66. The summed E-state index contributed by atoms with van der Waals surface area (Å²) < 4.78 is 2.72. The first-order chi connectivity index (χ1) is 10.0. The zero-order chi connectivity index (χ0) is 15.4. The van der Waals surface area contributed by atoms with E-state index in [1.807, 2.05) is 44.3 Å². The Morgan fingerprint density at radius 2 is 2.10 bits per heavy atom. The van der Waals surface area contributed by atoms with Gasteiger partial charge in [-0.15, -0.1) is 0 Å². The summed E-state index contributed by atoms with van der Waals surface area (Å²) in [6.45, 7) is 2.46. The first-order valence-corrected chi connectivity index (χ1v) is 7.55. The van der Waals surface area contributed by atoms with Crippen LogP contribution in [0.25, 0.3) is 0 Å². The molecule has 112 valence electrons. The highest BCUT2D eigenvalue weighted by Gasteiger charge is 2.20. The summed E-state index contributed by atoms with van der Waals surface area (Å²) in [6.07, 6.45) is 0.829. The number of halogens is 1. The molecule has 6 heteroatoms. The molecule has 0 bridgehead atoms. The first-order valence-electron chi connectivity index (χ1n) is 6.76. The minimum Gasteiger partial charge on any atom is -0.480 e. The molecule has 0 spiro atoms. The van der Waals surface area contributed by atoms with Crippen LogP contribution in [0.2, 0.25) is 0 Å². The molecule has 0 radical (unpaired) electrons. The molecular weight excluding hydrogens is 334 g/mol. The van der Waals surface area contributed by atoms with Crippen molar-refractivity contribution in [2.24, 2.45) is 7.05 Å². The summed E-state index contributed by atoms with van der Waals surface area (Å²) in [7, 11) is 1.86. The first kappa shape index (κ1) is 15.7. The highest BCUT2D eigenvalue weighted by molar-refractivity contribution is 9.10. The lowest BCUT2D eigenvalue weighted by Gasteiger charge is -2.15. The normalized spacial score (nSPS) is 12.3. The molecule has 1 aromatic heterocycles. The van der Waals surface area contributed by atoms with E-state index in [0.717, 1.165) is 27.8 Å². The van der Waals surface area contributed by atoms with Gasteiger partial charge in [0.15, 0.2) is 0 Å². The Morgan fingerprint density at radius 3 is 2.62 bits per heavy atom. The molecule has 2 N–H and O–H groups in total. The predicted molar refractivity (Wildman–Crippen MR) is 83.9 cm³/mol. The second-order valence-electron chi connectivity index (χ2n) is 4.75. The fourth-order valence-electron chi connectivity index (χ4n) is 2.20. The fourth-order valence-corrected chi connectivity index (χ4v) is 2.96. The lowest BCUT2D eigenvalue weighted by molar-refractivity contribution is -0.139. The Labute approximate surface area is 132 Å². The van der Waals surface area contributed by atoms with Gasteiger partial charge >= 0.3 is 5.97 Å². The maximum Gasteiger partial charge on any atom is 0.325 e. The van der Waals surface area contributed by atoms with Crippen LogP contribution < -0.4 is 5.32 Å². The van der Waals surface area contributed by atoms with Crippen LogP contribution in [0, 0.1) is 0 Å². The SMILES string of the molecule is CCc1nn(C)c(CNC(C(=O)O)c2ccccc2)c1Br. The van der Waals surface area contributed by atoms with E-state index in [0.29, 0.717) is 6.54 Å². The van der Waals surface area contributed by atoms with Gasteiger partial charge in [0.05, 0.1) is 15.9 Å². The summed E-state index contributed by atoms with van der Waals surface area (Å²) in [6, 6.07) is 8.42. The van der Waals surface area contributed by atoms with Gasteiger partial charge in [-0.25, -0.2) is 0 Å². The lowest BCUT2D eigenvalue weighted by atomic mass is 10.1. The minimum absolute atomic E-state index is 0.427. The van der Waals surface area contributed by atoms with E-state index in [9.17, 15) is 9.90 Å². The van der Waals surface area contributed by atoms with E-state index in [4.69, 9.17) is 0 Å². The van der Waals surface area contributed by atoms with Crippen LogP contribution in [0.5, 0.6) is 0 Å². The molecule has 0 saturated heterocycles. The molecule has 0 aliphatic rings. The van der Waals surface area contributed by atoms with Crippen LogP contribution in [-0.2, 0) is 24.8 Å². The van der Waals surface area contributed by atoms with Gasteiger partial charge in [0.1, 0.15) is 6.04 Å². The van der Waals surface area contributed by atoms with Crippen LogP contribution in [0.1, 0.15) is 29.9 Å². The smallest absolute Gasteiger partial charge is 0.325 e. The molecule has 0 amide bonds. The van der Waals surface area contributed by atoms with E-state index in [1.165, 1.54) is 0 Å². The molecule has 1 atom stereocenters. The van der Waals surface area contributed by atoms with Crippen molar-refractivity contribution in [1.82, 2.24) is 15.1 Å². The van der Waals surface area contributed by atoms with Gasteiger partial charge in [-0.1, -0.05) is 37.3 Å². The van der Waals surface area contributed by atoms with Gasteiger partial charge in [0.25, 0.3) is 0 Å². The van der Waals surface area contributed by atoms with Crippen molar-refractivity contribution >= 4 is 21.9 Å². The quantitative estimate of drug-likeness (QED) is 0.839. The van der Waals surface area contributed by atoms with Crippen LogP contribution in [0.15, 0.2) is 34.8 Å². The molecule has 1 aromatic carbocycles. The van der Waals surface area contributed by atoms with Gasteiger partial charge in [-0.2, -0.15) is 5.10 Å². The van der Waals surface area contributed by atoms with Crippen molar-refractivity contribution in [1.29, 1.82) is 0 Å². The molecule has 2 rings (SSSR count). The number of benzene rings is 1. The molecule has 5 nitrogen and oxygen atoms in total. The minimum atomic E-state index is -0.893. The number of aromatic nitrogens is 2. The van der Waals surface area contributed by atoms with E-state index >= 15 is 0 Å². The van der Waals surface area contributed by atoms with Crippen LogP contribution in [0.3, 0.4) is 0 Å². The van der Waals surface area contributed by atoms with Crippen LogP contribution in [0.4, 0.5) is 0 Å². The molecular formula is C15H18BrN3O2. The van der Waals surface area contributed by atoms with Crippen molar-refractivity contribution in [2.45, 2.75) is 25.9 Å². The average Bonchev–Trinajstić information content (AvgIpc) is 2.75. The summed E-state index contributed by atoms with van der Waals surface area (Å²) in [5.41, 5.74) is 2.65. The number of rotatable bonds is 6. The largest absolute Gasteiger partial charge is 0.480 e. The van der Waals surface area contributed by atoms with E-state index in [-0.39, 0.29) is 0 Å². The van der Waals surface area contributed by atoms with Gasteiger partial charge in [0.2, 0.25) is 0 Å². The molecule has 0 fully saturated rings. The highest BCUT2D eigenvalue weighted by Crippen LogP contribution is 2.22. The molecule has 1 heterocycles. The standard InChI is InChI=1S/C15H18BrN3O2/c1-3-11-13(16)12(19(2)18-11)9-17-14(15(20)21)10-7-5-4-6-8-10/h4-8,14,17H,3,9H2,1-2H3,(H,20,21). The Morgan fingerprint density at radius 1 is 1.43 bits per heavy atom. The third-order valence-corrected chi connectivity index (χ3v) is 4.27. The van der Waals surface area contributed by atoms with Crippen molar-refractivity contribution in [3.63, 3.8) is 0 Å². The van der Waals surface area contributed by atoms with Gasteiger partial charge in [-0.05, 0) is 27.9 Å². The fraction of sp³-hybridized carbons (Fsp3) is 0.333. The van der Waals surface area contributed by atoms with Gasteiger partial charge < -0.3 is 5.11 Å². The number of hydrogen-bond acceptors (Lipinski definition) is 3. The number of hydrogen-bond donors (Lipinski definition) is 2. The van der Waals surface area contributed by atoms with E-state index in [1.54, 1.807) is 4.68 Å². The number of nitrogens with zero attached hydrogens (tertiary/aromatic N) is 2. The molecule has 21 heavy (non-hydrogen) atoms. The third-order valence-electron chi connectivity index (χ3n) is 3.36. The van der Waals surface area contributed by atoms with Crippen LogP contribution in [-0.4, -0.2) is 20.9 Å². The second kappa shape index (κ2) is 6.87. The van der Waals surface area contributed by atoms with E-state index in [2.05, 4.69) is 26.3 Å². The Balaban J connectivity index is 2.17. The second-order valence-corrected chi connectivity index (χ2v) is 5.54. The Kier molecular flexibility index (Phi) is 5.14. The topological polar surface area (TPSA) is 67.2 Å². The number of carboxylic acids is 1. The number of nitrogens with one attached hydrogen (secondary N) is 1. The zero-order valence-electron chi connectivity index (χ0n) is 12.0. The van der Waals surface area contributed by atoms with Crippen molar-refractivity contribution in [2.75, 3.05) is 0 Å². The zero-order valence-corrected chi connectivity index (χ0v) is 13.6. The van der Waals surface area contributed by atoms with Gasteiger partial charge in [0, 0.05) is 13.6 Å². The number of aliphatic carboxylic acids is 1. The maximum absolute atomic E-state index is 11.5. The number of carboxylic acid groups (broad SMARTS) is 1. The molecule has 0 aliphatic heterocycles. The summed E-state index contributed by atoms with van der Waals surface area (Å²) in [5, 5.41) is 16.9. The summed E-state index contributed by atoms with van der Waals surface area (Å²) in [5.74, 6) is -0.893. The molecule has 0 saturated carbocycles. The van der Waals surface area contributed by atoms with Gasteiger partial charge in [-0.3, -0.25) is 14.8 Å².